The molecular weight excluding hydrogens is 242 g/mol. The number of fused-ring (bicyclic) bond motifs is 3. The van der Waals surface area contributed by atoms with E-state index < -0.39 is 0 Å². The summed E-state index contributed by atoms with van der Waals surface area (Å²) in [6.45, 7) is 1.07. The van der Waals surface area contributed by atoms with Gasteiger partial charge in [-0.25, -0.2) is 0 Å². The Labute approximate surface area is 90.9 Å². The van der Waals surface area contributed by atoms with Gasteiger partial charge in [0.05, 0.1) is 17.6 Å². The van der Waals surface area contributed by atoms with Crippen LogP contribution in [0.25, 0.3) is 5.70 Å². The van der Waals surface area contributed by atoms with Gasteiger partial charge in [-0.05, 0) is 18.9 Å². The number of hydrogen-bond donors (Lipinski definition) is 1. The molecule has 0 saturated carbocycles. The SMILES string of the molecule is BrC1=C2c3ccncc3NN2CCC1. The van der Waals surface area contributed by atoms with Crippen molar-refractivity contribution in [3.05, 3.63) is 28.5 Å². The number of hydrazine groups is 1. The van der Waals surface area contributed by atoms with Crippen LogP contribution in [0.4, 0.5) is 5.69 Å². The Morgan fingerprint density at radius 2 is 2.43 bits per heavy atom. The van der Waals surface area contributed by atoms with Crippen LogP contribution in [-0.4, -0.2) is 16.5 Å². The van der Waals surface area contributed by atoms with Crippen LogP contribution in [-0.2, 0) is 0 Å². The highest BCUT2D eigenvalue weighted by Crippen LogP contribution is 2.41. The summed E-state index contributed by atoms with van der Waals surface area (Å²) < 4.78 is 1.29. The molecule has 0 bridgehead atoms. The fraction of sp³-hybridized carbons (Fsp3) is 0.300. The van der Waals surface area contributed by atoms with Gasteiger partial charge < -0.3 is 0 Å². The fourth-order valence-electron chi connectivity index (χ4n) is 2.01. The maximum absolute atomic E-state index is 4.11. The third-order valence-electron chi connectivity index (χ3n) is 2.64. The normalized spacial score (nSPS) is 19.1. The number of halogens is 1. The standard InChI is InChI=1S/C10H10BrN3/c11-8-2-1-5-14-10(8)7-3-4-12-6-9(7)13-14/h3-4,6,13H,1-2,5H2. The topological polar surface area (TPSA) is 28.2 Å². The van der Waals surface area contributed by atoms with E-state index in [9.17, 15) is 0 Å². The first-order valence-corrected chi connectivity index (χ1v) is 5.53. The van der Waals surface area contributed by atoms with Gasteiger partial charge in [0, 0.05) is 22.8 Å². The second-order valence-corrected chi connectivity index (χ2v) is 4.50. The number of anilines is 1. The van der Waals surface area contributed by atoms with E-state index in [-0.39, 0.29) is 0 Å². The van der Waals surface area contributed by atoms with E-state index in [1.165, 1.54) is 22.2 Å². The van der Waals surface area contributed by atoms with E-state index in [0.717, 1.165) is 18.7 Å². The highest BCUT2D eigenvalue weighted by molar-refractivity contribution is 9.11. The molecule has 0 spiro atoms. The third-order valence-corrected chi connectivity index (χ3v) is 3.41. The summed E-state index contributed by atoms with van der Waals surface area (Å²) in [5.74, 6) is 0. The Balaban J connectivity index is 2.19. The predicted octanol–water partition coefficient (Wildman–Crippen LogP) is 2.58. The van der Waals surface area contributed by atoms with Crippen molar-refractivity contribution >= 4 is 27.3 Å². The first-order chi connectivity index (χ1) is 6.86. The number of pyridine rings is 1. The van der Waals surface area contributed by atoms with Crippen molar-refractivity contribution < 1.29 is 0 Å². The first kappa shape index (κ1) is 8.29. The average molecular weight is 252 g/mol. The van der Waals surface area contributed by atoms with Crippen LogP contribution in [0.2, 0.25) is 0 Å². The molecule has 1 N–H and O–H groups in total. The van der Waals surface area contributed by atoms with Crippen LogP contribution < -0.4 is 5.43 Å². The number of aromatic nitrogens is 1. The summed E-state index contributed by atoms with van der Waals surface area (Å²) in [5.41, 5.74) is 7.00. The summed E-state index contributed by atoms with van der Waals surface area (Å²) in [6, 6.07) is 2.06. The monoisotopic (exact) mass is 251 g/mol. The Hall–Kier alpha value is -1.03. The van der Waals surface area contributed by atoms with E-state index >= 15 is 0 Å². The van der Waals surface area contributed by atoms with Crippen LogP contribution >= 0.6 is 15.9 Å². The van der Waals surface area contributed by atoms with Gasteiger partial charge in [-0.15, -0.1) is 0 Å². The molecule has 0 radical (unpaired) electrons. The zero-order chi connectivity index (χ0) is 9.54. The van der Waals surface area contributed by atoms with E-state index in [4.69, 9.17) is 0 Å². The maximum Gasteiger partial charge on any atom is 0.0819 e. The highest BCUT2D eigenvalue weighted by Gasteiger charge is 2.28. The minimum Gasteiger partial charge on any atom is -0.296 e. The highest BCUT2D eigenvalue weighted by atomic mass is 79.9. The quantitative estimate of drug-likeness (QED) is 0.769. The van der Waals surface area contributed by atoms with E-state index in [1.807, 2.05) is 12.4 Å². The van der Waals surface area contributed by atoms with E-state index in [2.05, 4.69) is 37.4 Å². The predicted molar refractivity (Wildman–Crippen MR) is 59.6 cm³/mol. The molecule has 14 heavy (non-hydrogen) atoms. The van der Waals surface area contributed by atoms with Gasteiger partial charge >= 0.3 is 0 Å². The van der Waals surface area contributed by atoms with Gasteiger partial charge in [-0.2, -0.15) is 0 Å². The van der Waals surface area contributed by atoms with Crippen molar-refractivity contribution in [1.29, 1.82) is 0 Å². The maximum atomic E-state index is 4.11. The Bertz CT molecular complexity index is 414. The van der Waals surface area contributed by atoms with Crippen molar-refractivity contribution in [2.75, 3.05) is 12.0 Å². The lowest BCUT2D eigenvalue weighted by Crippen LogP contribution is -2.27. The van der Waals surface area contributed by atoms with Crippen LogP contribution in [0, 0.1) is 0 Å². The third kappa shape index (κ3) is 1.07. The Morgan fingerprint density at radius 1 is 1.50 bits per heavy atom. The molecule has 3 rings (SSSR count). The summed E-state index contributed by atoms with van der Waals surface area (Å²) in [4.78, 5) is 4.11. The van der Waals surface area contributed by atoms with Gasteiger partial charge in [0.1, 0.15) is 0 Å². The molecule has 0 aromatic carbocycles. The summed E-state index contributed by atoms with van der Waals surface area (Å²) in [7, 11) is 0. The number of nitrogens with zero attached hydrogens (tertiary/aromatic N) is 2. The van der Waals surface area contributed by atoms with Gasteiger partial charge in [-0.1, -0.05) is 15.9 Å². The van der Waals surface area contributed by atoms with Crippen LogP contribution in [0.3, 0.4) is 0 Å². The van der Waals surface area contributed by atoms with Crippen molar-refractivity contribution in [2.45, 2.75) is 12.8 Å². The summed E-state index contributed by atoms with van der Waals surface area (Å²) in [6.07, 6.45) is 6.04. The molecule has 4 heteroatoms. The summed E-state index contributed by atoms with van der Waals surface area (Å²) >= 11 is 3.64. The molecular formula is C10H10BrN3. The Kier molecular flexibility index (Phi) is 1.77. The molecule has 0 amide bonds. The van der Waals surface area contributed by atoms with Crippen LogP contribution in [0.5, 0.6) is 0 Å². The molecule has 0 unspecified atom stereocenters. The lowest BCUT2D eigenvalue weighted by Gasteiger charge is -2.25. The van der Waals surface area contributed by atoms with Crippen LogP contribution in [0.1, 0.15) is 18.4 Å². The molecule has 0 aliphatic carbocycles. The molecule has 72 valence electrons. The van der Waals surface area contributed by atoms with Crippen molar-refractivity contribution in [3.8, 4) is 0 Å². The lowest BCUT2D eigenvalue weighted by atomic mass is 10.1. The molecule has 0 atom stereocenters. The van der Waals surface area contributed by atoms with E-state index in [1.54, 1.807) is 0 Å². The fourth-order valence-corrected chi connectivity index (χ4v) is 2.72. The average Bonchev–Trinajstić information content (AvgIpc) is 2.57. The molecule has 0 saturated heterocycles. The Morgan fingerprint density at radius 3 is 3.36 bits per heavy atom. The zero-order valence-electron chi connectivity index (χ0n) is 7.63. The minimum absolute atomic E-state index is 1.07. The number of nitrogens with one attached hydrogen (secondary N) is 1. The first-order valence-electron chi connectivity index (χ1n) is 4.73. The van der Waals surface area contributed by atoms with Gasteiger partial charge in [0.15, 0.2) is 0 Å². The number of allylic oxidation sites excluding steroid dienone is 1. The van der Waals surface area contributed by atoms with Crippen molar-refractivity contribution in [1.82, 2.24) is 9.99 Å². The molecule has 1 aromatic heterocycles. The van der Waals surface area contributed by atoms with Crippen molar-refractivity contribution in [3.63, 3.8) is 0 Å². The lowest BCUT2D eigenvalue weighted by molar-refractivity contribution is 0.454. The van der Waals surface area contributed by atoms with Crippen molar-refractivity contribution in [2.24, 2.45) is 0 Å². The molecule has 0 fully saturated rings. The zero-order valence-corrected chi connectivity index (χ0v) is 9.21. The van der Waals surface area contributed by atoms with Crippen LogP contribution in [0.15, 0.2) is 22.9 Å². The number of hydrogen-bond acceptors (Lipinski definition) is 3. The smallest absolute Gasteiger partial charge is 0.0819 e. The molecule has 1 aromatic rings. The second-order valence-electron chi connectivity index (χ2n) is 3.54. The number of rotatable bonds is 0. The largest absolute Gasteiger partial charge is 0.296 e. The van der Waals surface area contributed by atoms with Gasteiger partial charge in [0.2, 0.25) is 0 Å². The molecule has 3 heterocycles. The van der Waals surface area contributed by atoms with Gasteiger partial charge in [0.25, 0.3) is 0 Å². The molecule has 2 aliphatic heterocycles. The molecule has 3 nitrogen and oxygen atoms in total. The summed E-state index contributed by atoms with van der Waals surface area (Å²) in [5, 5.41) is 2.19. The molecule has 2 aliphatic rings. The van der Waals surface area contributed by atoms with E-state index in [0.29, 0.717) is 0 Å². The van der Waals surface area contributed by atoms with Gasteiger partial charge in [-0.3, -0.25) is 15.4 Å². The second kappa shape index (κ2) is 2.98. The minimum atomic E-state index is 1.07.